The van der Waals surface area contributed by atoms with E-state index in [1.807, 2.05) is 18.6 Å². The maximum Gasteiger partial charge on any atom is 0.107 e. The van der Waals surface area contributed by atoms with Gasteiger partial charge in [0.25, 0.3) is 0 Å². The van der Waals surface area contributed by atoms with Gasteiger partial charge in [0, 0.05) is 101 Å². The Hall–Kier alpha value is -10.7. The molecule has 8 heterocycles. The lowest BCUT2D eigenvalue weighted by molar-refractivity contribution is 0.263. The Bertz CT molecular complexity index is 4860. The summed E-state index contributed by atoms with van der Waals surface area (Å²) in [5.74, 6) is 2.29. The molecule has 10 aromatic rings. The van der Waals surface area contributed by atoms with Crippen molar-refractivity contribution in [3.05, 3.63) is 304 Å². The van der Waals surface area contributed by atoms with Gasteiger partial charge < -0.3 is 39.2 Å². The van der Waals surface area contributed by atoms with Crippen molar-refractivity contribution in [2.75, 3.05) is 34.3 Å². The van der Waals surface area contributed by atoms with Gasteiger partial charge in [-0.25, -0.2) is 0 Å². The first-order valence-corrected chi connectivity index (χ1v) is 40.3. The fourth-order valence-electron chi connectivity index (χ4n) is 16.2. The summed E-state index contributed by atoms with van der Waals surface area (Å²) in [6.45, 7) is 55.3. The summed E-state index contributed by atoms with van der Waals surface area (Å²) < 4.78 is 0. The van der Waals surface area contributed by atoms with Crippen LogP contribution < -0.4 is 34.3 Å². The Balaban J connectivity index is 0.000000148. The molecule has 0 unspecified atom stereocenters. The Kier molecular flexibility index (Phi) is 25.7. The summed E-state index contributed by atoms with van der Waals surface area (Å²) in [5, 5.41) is 0. The van der Waals surface area contributed by atoms with Crippen LogP contribution in [-0.2, 0) is 0 Å². The van der Waals surface area contributed by atoms with Crippen molar-refractivity contribution < 1.29 is 0 Å². The van der Waals surface area contributed by atoms with Crippen molar-refractivity contribution in [1.29, 1.82) is 0 Å². The van der Waals surface area contributed by atoms with Crippen LogP contribution in [0.5, 0.6) is 0 Å². The van der Waals surface area contributed by atoms with Gasteiger partial charge in [0.05, 0.1) is 58.4 Å². The van der Waals surface area contributed by atoms with Crippen molar-refractivity contribution in [3.63, 3.8) is 0 Å². The number of aromatic nitrogens is 4. The number of benzene rings is 6. The maximum absolute atomic E-state index is 4.98. The molecule has 0 saturated heterocycles. The number of hydrogen-bond donors (Lipinski definition) is 0. The molecule has 111 heavy (non-hydrogen) atoms. The summed E-state index contributed by atoms with van der Waals surface area (Å²) >= 11 is 0. The van der Waals surface area contributed by atoms with Crippen LogP contribution in [0.15, 0.2) is 226 Å². The number of para-hydroxylation sites is 3. The highest BCUT2D eigenvalue weighted by Gasteiger charge is 2.34. The van der Waals surface area contributed by atoms with E-state index in [9.17, 15) is 0 Å². The molecule has 0 bridgehead atoms. The summed E-state index contributed by atoms with van der Waals surface area (Å²) in [6, 6.07) is 57.0. The molecule has 0 amide bonds. The Morgan fingerprint density at radius 2 is 0.631 bits per heavy atom. The average Bonchev–Trinajstić information content (AvgIpc) is 1.75. The van der Waals surface area contributed by atoms with Crippen LogP contribution in [0.25, 0.3) is 33.5 Å². The first-order valence-electron chi connectivity index (χ1n) is 40.3. The Morgan fingerprint density at radius 3 is 0.991 bits per heavy atom. The summed E-state index contributed by atoms with van der Waals surface area (Å²) in [5.41, 5.74) is 33.4. The molecule has 0 spiro atoms. The van der Waals surface area contributed by atoms with Gasteiger partial charge in [-0.3, -0.25) is 19.9 Å². The second-order valence-corrected chi connectivity index (χ2v) is 32.6. The van der Waals surface area contributed by atoms with Crippen molar-refractivity contribution in [1.82, 2.24) is 24.8 Å². The molecule has 4 atom stereocenters. The SMILES string of the molecule is Cc1cc(C(C)C)ncc1N1C=CN(c2c(-c3ccccc3)cccc2-c2ccccc2)[C@H]1C.Cc1cc(C(C)C)ncc1N1C=CN(c2c(C(C)C)cccc2C(C)C)[C@H]1C.Cc1cc(C(C)C)ncc1N1C=CN(c2c(C)cccc2C)[C@H]1C.Cc1cccc(C)c1-c1cc(C)c(N2C=CN(C(C)C)[C@H]2C)c(C)n1. The highest BCUT2D eigenvalue weighted by atomic mass is 15.4. The van der Waals surface area contributed by atoms with E-state index >= 15 is 0 Å². The van der Waals surface area contributed by atoms with Crippen LogP contribution in [0, 0.1) is 62.3 Å². The van der Waals surface area contributed by atoms with Crippen LogP contribution in [0.2, 0.25) is 0 Å². The van der Waals surface area contributed by atoms with Gasteiger partial charge in [-0.15, -0.1) is 0 Å². The third-order valence-corrected chi connectivity index (χ3v) is 22.4. The molecule has 4 aromatic heterocycles. The van der Waals surface area contributed by atoms with Gasteiger partial charge in [0.1, 0.15) is 24.7 Å². The number of rotatable bonds is 16. The zero-order valence-corrected chi connectivity index (χ0v) is 71.0. The minimum absolute atomic E-state index is 0.109. The van der Waals surface area contributed by atoms with Crippen LogP contribution in [0.3, 0.4) is 0 Å². The summed E-state index contributed by atoms with van der Waals surface area (Å²) in [7, 11) is 0. The predicted molar refractivity (Wildman–Crippen MR) is 474 cm³/mol. The number of nitrogens with zero attached hydrogens (tertiary/aromatic N) is 12. The number of aryl methyl sites for hydroxylation is 9. The van der Waals surface area contributed by atoms with Crippen LogP contribution in [0.1, 0.15) is 219 Å². The highest BCUT2D eigenvalue weighted by Crippen LogP contribution is 2.46. The molecule has 0 saturated carbocycles. The minimum Gasteiger partial charge on any atom is -0.353 e. The van der Waals surface area contributed by atoms with Gasteiger partial charge in [0.2, 0.25) is 0 Å². The first kappa shape index (κ1) is 81.3. The molecule has 14 rings (SSSR count). The van der Waals surface area contributed by atoms with Gasteiger partial charge >= 0.3 is 0 Å². The molecule has 12 nitrogen and oxygen atoms in total. The minimum atomic E-state index is 0.109. The van der Waals surface area contributed by atoms with Crippen molar-refractivity contribution in [2.45, 2.75) is 233 Å². The average molecular weight is 1480 g/mol. The third kappa shape index (κ3) is 17.4. The Morgan fingerprint density at radius 1 is 0.288 bits per heavy atom. The molecule has 4 aliphatic rings. The topological polar surface area (TPSA) is 77.5 Å². The molecule has 578 valence electrons. The maximum atomic E-state index is 4.98. The standard InChI is InChI=1S/C31H31N3.C25H35N3.C22H29N3.C21H27N3/c1-22(2)29-20-23(3)30(21-32-29)33-18-19-34(24(33)4)31-27(25-12-7-5-8-13-25)16-11-17-28(31)26-14-9-6-10-15-26;1-16(2)21-10-9-11-22(17(3)4)25(21)28-13-12-27(20(28)8)24-15-26-23(18(5)6)14-19(24)7;1-14(2)24-11-12-25(19(24)7)22-17(5)13-20(23-18(22)6)21-15(3)9-8-10-16(21)4;1-14(2)19-12-17(5)20(13-22-19)23-10-11-24(18(23)6)21-15(3)8-7-9-16(21)4/h5-22,24H,1-4H3;9-18,20H,1-8H3;8-14,19H,1-7H3;7-14,18H,1-6H3/t24-;20-;19-;18-/m0010/s1. The fourth-order valence-corrected chi connectivity index (χ4v) is 16.2. The van der Waals surface area contributed by atoms with E-state index in [0.717, 1.165) is 34.2 Å². The van der Waals surface area contributed by atoms with E-state index in [-0.39, 0.29) is 18.5 Å². The molecule has 6 aromatic carbocycles. The third-order valence-electron chi connectivity index (χ3n) is 22.4. The monoisotopic (exact) mass is 1480 g/mol. The van der Waals surface area contributed by atoms with E-state index in [1.54, 1.807) is 0 Å². The van der Waals surface area contributed by atoms with E-state index in [2.05, 4.69) is 425 Å². The lowest BCUT2D eigenvalue weighted by Crippen LogP contribution is -2.40. The zero-order chi connectivity index (χ0) is 80.0. The highest BCUT2D eigenvalue weighted by molar-refractivity contribution is 5.93. The van der Waals surface area contributed by atoms with Gasteiger partial charge in [-0.2, -0.15) is 0 Å². The van der Waals surface area contributed by atoms with E-state index < -0.39 is 0 Å². The van der Waals surface area contributed by atoms with Crippen LogP contribution in [-0.4, -0.2) is 55.5 Å². The molecule has 0 fully saturated rings. The lowest BCUT2D eigenvalue weighted by Gasteiger charge is -2.34. The predicted octanol–water partition coefficient (Wildman–Crippen LogP) is 25.5. The first-order chi connectivity index (χ1) is 53.0. The van der Waals surface area contributed by atoms with Crippen molar-refractivity contribution in [3.8, 4) is 33.5 Å². The number of pyridine rings is 4. The molecular formula is C99H122N12. The van der Waals surface area contributed by atoms with Crippen LogP contribution >= 0.6 is 0 Å². The van der Waals surface area contributed by atoms with Gasteiger partial charge in [0.15, 0.2) is 0 Å². The smallest absolute Gasteiger partial charge is 0.107 e. The molecule has 12 heteroatoms. The summed E-state index contributed by atoms with van der Waals surface area (Å²) in [4.78, 5) is 38.0. The van der Waals surface area contributed by atoms with Crippen LogP contribution in [0.4, 0.5) is 39.8 Å². The van der Waals surface area contributed by atoms with E-state index in [1.165, 1.54) is 118 Å². The normalized spacial score (nSPS) is 16.5. The second-order valence-electron chi connectivity index (χ2n) is 32.6. The summed E-state index contributed by atoms with van der Waals surface area (Å²) in [6.07, 6.45) is 24.5. The van der Waals surface area contributed by atoms with Crippen molar-refractivity contribution in [2.24, 2.45) is 0 Å². The number of hydrogen-bond acceptors (Lipinski definition) is 12. The largest absolute Gasteiger partial charge is 0.353 e. The lowest BCUT2D eigenvalue weighted by atomic mass is 9.92. The molecule has 4 aliphatic heterocycles. The van der Waals surface area contributed by atoms with Gasteiger partial charge in [-0.1, -0.05) is 203 Å². The quantitative estimate of drug-likeness (QED) is 0.0925. The van der Waals surface area contributed by atoms with Gasteiger partial charge in [-0.05, 0) is 224 Å². The van der Waals surface area contributed by atoms with E-state index in [0.29, 0.717) is 41.8 Å². The second kappa shape index (κ2) is 35.1. The fraction of sp³-hybridized carbons (Fsp3) is 0.354. The molecule has 0 N–H and O–H groups in total. The van der Waals surface area contributed by atoms with E-state index in [4.69, 9.17) is 15.0 Å². The molecular weight excluding hydrogens is 1360 g/mol. The number of anilines is 7. The van der Waals surface area contributed by atoms with Crippen molar-refractivity contribution >= 4 is 39.8 Å². The molecule has 0 aliphatic carbocycles. The Labute approximate surface area is 666 Å². The zero-order valence-electron chi connectivity index (χ0n) is 71.0. The molecule has 0 radical (unpaired) electrons.